The van der Waals surface area contributed by atoms with Gasteiger partial charge in [0.15, 0.2) is 5.79 Å². The molecule has 0 spiro atoms. The van der Waals surface area contributed by atoms with Crippen LogP contribution in [0.15, 0.2) is 54.6 Å². The third kappa shape index (κ3) is 4.33. The van der Waals surface area contributed by atoms with Crippen LogP contribution in [0.2, 0.25) is 0 Å². The fourth-order valence-electron chi connectivity index (χ4n) is 7.33. The Morgan fingerprint density at radius 3 is 2.39 bits per heavy atom. The number of phenols is 1. The Labute approximate surface area is 223 Å². The highest BCUT2D eigenvalue weighted by Crippen LogP contribution is 2.58. The molecule has 6 rings (SSSR count). The van der Waals surface area contributed by atoms with Gasteiger partial charge in [-0.2, -0.15) is 0 Å². The number of ether oxygens (including phenoxy) is 2. The lowest BCUT2D eigenvalue weighted by molar-refractivity contribution is -0.275. The quantitative estimate of drug-likeness (QED) is 0.565. The number of piperidine rings is 1. The standard InChI is InChI=1S/C30H36N2O6/c1-37-18-21-15-24-27(25-16-26(38-30(21,25)36)20-7-9-23(33)10-8-20)29(35)32(28(24)34)22-11-13-31(14-12-22)17-19-5-3-2-4-6-19/h2-10,21-22,24-27,33,36H,11-18H2,1H3/t21-,24+,25+,26+,27+,30-/m1/s1. The topological polar surface area (TPSA) is 99.5 Å². The van der Waals surface area contributed by atoms with Gasteiger partial charge in [0, 0.05) is 44.6 Å². The van der Waals surface area contributed by atoms with E-state index in [-0.39, 0.29) is 30.2 Å². The first-order chi connectivity index (χ1) is 18.4. The van der Waals surface area contributed by atoms with Gasteiger partial charge in [-0.15, -0.1) is 0 Å². The summed E-state index contributed by atoms with van der Waals surface area (Å²) in [6.07, 6.45) is 1.88. The molecule has 4 fully saturated rings. The van der Waals surface area contributed by atoms with Crippen molar-refractivity contribution in [3.05, 3.63) is 65.7 Å². The summed E-state index contributed by atoms with van der Waals surface area (Å²) in [6, 6.07) is 17.0. The molecule has 0 unspecified atom stereocenters. The molecule has 3 saturated heterocycles. The molecule has 0 aromatic heterocycles. The van der Waals surface area contributed by atoms with Gasteiger partial charge in [-0.3, -0.25) is 19.4 Å². The van der Waals surface area contributed by atoms with Crippen molar-refractivity contribution in [2.45, 2.75) is 50.2 Å². The summed E-state index contributed by atoms with van der Waals surface area (Å²) < 4.78 is 11.7. The molecule has 1 saturated carbocycles. The van der Waals surface area contributed by atoms with Crippen LogP contribution >= 0.6 is 0 Å². The van der Waals surface area contributed by atoms with Crippen LogP contribution in [0, 0.1) is 23.7 Å². The van der Waals surface area contributed by atoms with E-state index in [0.717, 1.165) is 38.0 Å². The highest BCUT2D eigenvalue weighted by Gasteiger charge is 2.67. The Hall–Kier alpha value is -2.78. The van der Waals surface area contributed by atoms with Crippen molar-refractivity contribution in [2.24, 2.45) is 23.7 Å². The van der Waals surface area contributed by atoms with Gasteiger partial charge < -0.3 is 19.7 Å². The number of amides is 2. The molecule has 6 atom stereocenters. The number of hydrogen-bond donors (Lipinski definition) is 2. The molecule has 0 bridgehead atoms. The molecule has 8 nitrogen and oxygen atoms in total. The van der Waals surface area contributed by atoms with E-state index in [2.05, 4.69) is 17.0 Å². The molecule has 2 amide bonds. The van der Waals surface area contributed by atoms with Gasteiger partial charge in [0.1, 0.15) is 5.75 Å². The fourth-order valence-corrected chi connectivity index (χ4v) is 7.33. The Morgan fingerprint density at radius 2 is 1.71 bits per heavy atom. The SMILES string of the molecule is COC[C@H]1C[C@@H]2C(=O)N(C3CCN(Cc4ccccc4)CC3)C(=O)[C@@H]2[C@@H]2C[C@@H](c3ccc(O)cc3)O[C@]12O. The molecule has 3 aliphatic heterocycles. The number of aromatic hydroxyl groups is 1. The van der Waals surface area contributed by atoms with Crippen molar-refractivity contribution in [1.82, 2.24) is 9.80 Å². The van der Waals surface area contributed by atoms with Gasteiger partial charge in [-0.25, -0.2) is 0 Å². The molecular weight excluding hydrogens is 484 g/mol. The first kappa shape index (κ1) is 25.5. The Morgan fingerprint density at radius 1 is 1.00 bits per heavy atom. The van der Waals surface area contributed by atoms with Crippen LogP contribution in [0.5, 0.6) is 5.75 Å². The molecule has 3 heterocycles. The zero-order valence-electron chi connectivity index (χ0n) is 21.7. The van der Waals surface area contributed by atoms with E-state index < -0.39 is 35.6 Å². The van der Waals surface area contributed by atoms with Gasteiger partial charge in [0.05, 0.1) is 24.5 Å². The number of fused-ring (bicyclic) bond motifs is 3. The van der Waals surface area contributed by atoms with E-state index in [0.29, 0.717) is 12.8 Å². The van der Waals surface area contributed by atoms with E-state index in [1.165, 1.54) is 5.56 Å². The van der Waals surface area contributed by atoms with Crippen molar-refractivity contribution < 1.29 is 29.3 Å². The van der Waals surface area contributed by atoms with Gasteiger partial charge in [-0.1, -0.05) is 42.5 Å². The second-order valence-electron chi connectivity index (χ2n) is 11.4. The van der Waals surface area contributed by atoms with Crippen molar-refractivity contribution in [3.8, 4) is 5.75 Å². The number of imide groups is 1. The number of carbonyl (C=O) groups excluding carboxylic acids is 2. The average molecular weight is 521 g/mol. The van der Waals surface area contributed by atoms with Gasteiger partial charge >= 0.3 is 0 Å². The van der Waals surface area contributed by atoms with E-state index in [1.54, 1.807) is 36.3 Å². The molecule has 4 aliphatic rings. The summed E-state index contributed by atoms with van der Waals surface area (Å²) in [5.74, 6) is -3.62. The summed E-state index contributed by atoms with van der Waals surface area (Å²) in [5, 5.41) is 21.6. The number of methoxy groups -OCH3 is 1. The lowest BCUT2D eigenvalue weighted by atomic mass is 9.64. The average Bonchev–Trinajstić information content (AvgIpc) is 3.40. The van der Waals surface area contributed by atoms with E-state index in [4.69, 9.17) is 9.47 Å². The van der Waals surface area contributed by atoms with Crippen LogP contribution in [0.1, 0.15) is 42.9 Å². The normalized spacial score (nSPS) is 33.9. The number of nitrogens with zero attached hydrogens (tertiary/aromatic N) is 2. The molecule has 2 N–H and O–H groups in total. The lowest BCUT2D eigenvalue weighted by Gasteiger charge is -2.44. The monoisotopic (exact) mass is 520 g/mol. The van der Waals surface area contributed by atoms with Crippen LogP contribution < -0.4 is 0 Å². The maximum absolute atomic E-state index is 13.9. The van der Waals surface area contributed by atoms with Crippen LogP contribution in [0.4, 0.5) is 0 Å². The molecule has 1 aliphatic carbocycles. The summed E-state index contributed by atoms with van der Waals surface area (Å²) in [7, 11) is 1.58. The number of likely N-dealkylation sites (tertiary alicyclic amines) is 2. The third-order valence-corrected chi connectivity index (χ3v) is 9.20. The van der Waals surface area contributed by atoms with E-state index in [9.17, 15) is 19.8 Å². The molecule has 0 radical (unpaired) electrons. The molecule has 2 aromatic carbocycles. The summed E-state index contributed by atoms with van der Waals surface area (Å²) >= 11 is 0. The zero-order valence-corrected chi connectivity index (χ0v) is 21.7. The van der Waals surface area contributed by atoms with Crippen LogP contribution in [0.3, 0.4) is 0 Å². The Bertz CT molecular complexity index is 1170. The highest BCUT2D eigenvalue weighted by atomic mass is 16.6. The molecule has 2 aromatic rings. The van der Waals surface area contributed by atoms with E-state index in [1.807, 2.05) is 18.2 Å². The maximum atomic E-state index is 13.9. The number of hydrogen-bond acceptors (Lipinski definition) is 7. The smallest absolute Gasteiger partial charge is 0.233 e. The molecule has 8 heteroatoms. The largest absolute Gasteiger partial charge is 0.508 e. The summed E-state index contributed by atoms with van der Waals surface area (Å²) in [4.78, 5) is 31.6. The van der Waals surface area contributed by atoms with Crippen LogP contribution in [-0.2, 0) is 25.6 Å². The van der Waals surface area contributed by atoms with Crippen molar-refractivity contribution >= 4 is 11.8 Å². The molecular formula is C30H36N2O6. The number of benzene rings is 2. The Balaban J connectivity index is 1.20. The van der Waals surface area contributed by atoms with Gasteiger partial charge in [0.2, 0.25) is 11.8 Å². The third-order valence-electron chi connectivity index (χ3n) is 9.20. The van der Waals surface area contributed by atoms with Gasteiger partial charge in [0.25, 0.3) is 0 Å². The zero-order chi connectivity index (χ0) is 26.4. The first-order valence-electron chi connectivity index (χ1n) is 13.7. The lowest BCUT2D eigenvalue weighted by Crippen LogP contribution is -2.54. The number of aliphatic hydroxyl groups is 1. The fraction of sp³-hybridized carbons (Fsp3) is 0.533. The summed E-state index contributed by atoms with van der Waals surface area (Å²) in [6.45, 7) is 2.78. The van der Waals surface area contributed by atoms with Crippen LogP contribution in [-0.4, -0.2) is 70.5 Å². The van der Waals surface area contributed by atoms with Crippen molar-refractivity contribution in [3.63, 3.8) is 0 Å². The predicted octanol–water partition coefficient (Wildman–Crippen LogP) is 3.09. The minimum atomic E-state index is -1.55. The second-order valence-corrected chi connectivity index (χ2v) is 11.4. The van der Waals surface area contributed by atoms with Crippen molar-refractivity contribution in [1.29, 1.82) is 0 Å². The number of phenolic OH excluding ortho intramolecular Hbond substituents is 1. The number of carbonyl (C=O) groups is 2. The second kappa shape index (κ2) is 10.1. The first-order valence-corrected chi connectivity index (χ1v) is 13.7. The summed E-state index contributed by atoms with van der Waals surface area (Å²) in [5.41, 5.74) is 2.09. The Kier molecular flexibility index (Phi) is 6.76. The predicted molar refractivity (Wildman–Crippen MR) is 139 cm³/mol. The van der Waals surface area contributed by atoms with Crippen LogP contribution in [0.25, 0.3) is 0 Å². The molecule has 202 valence electrons. The van der Waals surface area contributed by atoms with Crippen molar-refractivity contribution in [2.75, 3.05) is 26.8 Å². The highest BCUT2D eigenvalue weighted by molar-refractivity contribution is 6.05. The molecule has 38 heavy (non-hydrogen) atoms. The van der Waals surface area contributed by atoms with E-state index >= 15 is 0 Å². The number of rotatable bonds is 6. The maximum Gasteiger partial charge on any atom is 0.233 e. The van der Waals surface area contributed by atoms with Gasteiger partial charge in [-0.05, 0) is 48.9 Å². The minimum absolute atomic E-state index is 0.0993. The minimum Gasteiger partial charge on any atom is -0.508 e.